The average molecular weight is 501 g/mol. The van der Waals surface area contributed by atoms with Crippen LogP contribution in [0.1, 0.15) is 11.1 Å². The van der Waals surface area contributed by atoms with Crippen molar-refractivity contribution in [3.63, 3.8) is 0 Å². The molecule has 4 nitrogen and oxygen atoms in total. The van der Waals surface area contributed by atoms with Crippen molar-refractivity contribution in [2.45, 2.75) is 6.54 Å². The first-order valence-corrected chi connectivity index (χ1v) is 9.82. The van der Waals surface area contributed by atoms with Crippen molar-refractivity contribution in [3.05, 3.63) is 67.2 Å². The number of ether oxygens (including phenoxy) is 1. The molecule has 2 aromatic rings. The summed E-state index contributed by atoms with van der Waals surface area (Å²) in [5.74, 6) is -0.250. The zero-order valence-corrected chi connectivity index (χ0v) is 17.5. The van der Waals surface area contributed by atoms with Gasteiger partial charge in [-0.15, -0.1) is 0 Å². The van der Waals surface area contributed by atoms with Gasteiger partial charge >= 0.3 is 0 Å². The van der Waals surface area contributed by atoms with E-state index in [1.54, 1.807) is 43.5 Å². The monoisotopic (exact) mass is 499 g/mol. The number of nitrogens with zero attached hydrogens (tertiary/aromatic N) is 1. The number of halogens is 3. The van der Waals surface area contributed by atoms with Gasteiger partial charge in [0.25, 0.3) is 11.1 Å². The topological polar surface area (TPSA) is 46.6 Å². The molecule has 0 bridgehead atoms. The lowest BCUT2D eigenvalue weighted by atomic mass is 10.2. The molecule has 2 amide bonds. The highest BCUT2D eigenvalue weighted by Crippen LogP contribution is 2.37. The van der Waals surface area contributed by atoms with E-state index in [9.17, 15) is 14.0 Å². The normalized spacial score (nSPS) is 15.8. The fraction of sp³-hybridized carbons (Fsp3) is 0.111. The Morgan fingerprint density at radius 2 is 1.85 bits per heavy atom. The van der Waals surface area contributed by atoms with Crippen LogP contribution in [0.15, 0.2) is 50.2 Å². The molecule has 0 aromatic heterocycles. The molecule has 26 heavy (non-hydrogen) atoms. The van der Waals surface area contributed by atoms with Gasteiger partial charge in [-0.3, -0.25) is 14.5 Å². The van der Waals surface area contributed by atoms with E-state index in [0.717, 1.165) is 22.2 Å². The number of methoxy groups -OCH3 is 1. The molecule has 1 aliphatic heterocycles. The second-order valence-corrected chi connectivity index (χ2v) is 8.08. The first-order valence-electron chi connectivity index (χ1n) is 7.42. The number of amides is 2. The van der Waals surface area contributed by atoms with E-state index < -0.39 is 17.0 Å². The molecule has 1 saturated heterocycles. The summed E-state index contributed by atoms with van der Waals surface area (Å²) in [4.78, 5) is 26.1. The van der Waals surface area contributed by atoms with Crippen LogP contribution in [0.4, 0.5) is 9.18 Å². The van der Waals surface area contributed by atoms with Crippen LogP contribution in [-0.2, 0) is 11.3 Å². The SMILES string of the molecule is COc1c(Br)cc(/C=C2\SC(=O)N(Cc3ccccc3F)C2=O)cc1Br. The minimum absolute atomic E-state index is 0.0926. The molecule has 8 heteroatoms. The number of carbonyl (C=O) groups excluding carboxylic acids is 2. The summed E-state index contributed by atoms with van der Waals surface area (Å²) in [6.07, 6.45) is 1.63. The van der Waals surface area contributed by atoms with Crippen molar-refractivity contribution in [2.75, 3.05) is 7.11 Å². The second-order valence-electron chi connectivity index (χ2n) is 5.38. The minimum Gasteiger partial charge on any atom is -0.494 e. The maximum absolute atomic E-state index is 13.8. The summed E-state index contributed by atoms with van der Waals surface area (Å²) in [7, 11) is 1.55. The van der Waals surface area contributed by atoms with Crippen LogP contribution >= 0.6 is 43.6 Å². The highest BCUT2D eigenvalue weighted by atomic mass is 79.9. The fourth-order valence-electron chi connectivity index (χ4n) is 2.44. The molecule has 2 aromatic carbocycles. The van der Waals surface area contributed by atoms with Crippen molar-refractivity contribution in [3.8, 4) is 5.75 Å². The maximum atomic E-state index is 13.8. The molecule has 1 aliphatic rings. The van der Waals surface area contributed by atoms with Gasteiger partial charge in [0, 0.05) is 5.56 Å². The lowest BCUT2D eigenvalue weighted by molar-refractivity contribution is -0.123. The van der Waals surface area contributed by atoms with Crippen LogP contribution in [0.3, 0.4) is 0 Å². The standard InChI is InChI=1S/C18H12Br2FNO3S/c1-25-16-12(19)6-10(7-13(16)20)8-15-17(23)22(18(24)26-15)9-11-4-2-3-5-14(11)21/h2-8H,9H2,1H3/b15-8-. The van der Waals surface area contributed by atoms with Crippen molar-refractivity contribution in [1.82, 2.24) is 4.90 Å². The molecule has 0 N–H and O–H groups in total. The van der Waals surface area contributed by atoms with Gasteiger partial charge in [0.15, 0.2) is 0 Å². The van der Waals surface area contributed by atoms with E-state index in [2.05, 4.69) is 31.9 Å². The van der Waals surface area contributed by atoms with Crippen LogP contribution in [0, 0.1) is 5.82 Å². The maximum Gasteiger partial charge on any atom is 0.293 e. The predicted molar refractivity (Wildman–Crippen MR) is 106 cm³/mol. The molecular formula is C18H12Br2FNO3S. The van der Waals surface area contributed by atoms with Gasteiger partial charge in [-0.2, -0.15) is 0 Å². The Bertz CT molecular complexity index is 909. The third-order valence-corrected chi connectivity index (χ3v) is 5.77. The van der Waals surface area contributed by atoms with E-state index in [-0.39, 0.29) is 11.4 Å². The molecule has 0 unspecified atom stereocenters. The fourth-order valence-corrected chi connectivity index (χ4v) is 4.83. The smallest absolute Gasteiger partial charge is 0.293 e. The van der Waals surface area contributed by atoms with Gasteiger partial charge in [-0.05, 0) is 73.5 Å². The molecule has 134 valence electrons. The van der Waals surface area contributed by atoms with Gasteiger partial charge in [-0.25, -0.2) is 4.39 Å². The van der Waals surface area contributed by atoms with E-state index >= 15 is 0 Å². The number of thioether (sulfide) groups is 1. The first kappa shape index (κ1) is 19.1. The number of imide groups is 1. The molecule has 0 spiro atoms. The number of rotatable bonds is 4. The molecule has 1 fully saturated rings. The molecule has 1 heterocycles. The van der Waals surface area contributed by atoms with E-state index in [1.165, 1.54) is 6.07 Å². The van der Waals surface area contributed by atoms with Gasteiger partial charge in [-0.1, -0.05) is 18.2 Å². The third-order valence-electron chi connectivity index (χ3n) is 3.68. The lowest BCUT2D eigenvalue weighted by Crippen LogP contribution is -2.27. The van der Waals surface area contributed by atoms with Crippen LogP contribution in [-0.4, -0.2) is 23.2 Å². The summed E-state index contributed by atoms with van der Waals surface area (Å²) in [6.45, 7) is -0.0926. The molecule has 0 radical (unpaired) electrons. The van der Waals surface area contributed by atoms with E-state index in [4.69, 9.17) is 4.74 Å². The Labute approximate surface area is 170 Å². The Balaban J connectivity index is 1.87. The highest BCUT2D eigenvalue weighted by molar-refractivity contribution is 9.11. The summed E-state index contributed by atoms with van der Waals surface area (Å²) in [5.41, 5.74) is 1.02. The Kier molecular flexibility index (Phi) is 5.84. The first-order chi connectivity index (χ1) is 12.4. The number of hydrogen-bond acceptors (Lipinski definition) is 4. The van der Waals surface area contributed by atoms with Crippen LogP contribution in [0.25, 0.3) is 6.08 Å². The van der Waals surface area contributed by atoms with Crippen molar-refractivity contribution in [2.24, 2.45) is 0 Å². The number of hydrogen-bond donors (Lipinski definition) is 0. The van der Waals surface area contributed by atoms with Crippen molar-refractivity contribution >= 4 is 60.8 Å². The zero-order chi connectivity index (χ0) is 18.8. The van der Waals surface area contributed by atoms with E-state index in [1.807, 2.05) is 0 Å². The molecule has 0 atom stereocenters. The van der Waals surface area contributed by atoms with Crippen LogP contribution in [0.5, 0.6) is 5.75 Å². The zero-order valence-electron chi connectivity index (χ0n) is 13.5. The Morgan fingerprint density at radius 1 is 1.19 bits per heavy atom. The highest BCUT2D eigenvalue weighted by Gasteiger charge is 2.35. The van der Waals surface area contributed by atoms with Crippen LogP contribution < -0.4 is 4.74 Å². The van der Waals surface area contributed by atoms with Crippen molar-refractivity contribution < 1.29 is 18.7 Å². The Hall–Kier alpha value is -1.64. The molecule has 3 rings (SSSR count). The number of carbonyl (C=O) groups is 2. The van der Waals surface area contributed by atoms with Crippen molar-refractivity contribution in [1.29, 1.82) is 0 Å². The number of benzene rings is 2. The molecule has 0 aliphatic carbocycles. The van der Waals surface area contributed by atoms with Crippen LogP contribution in [0.2, 0.25) is 0 Å². The van der Waals surface area contributed by atoms with Gasteiger partial charge in [0.2, 0.25) is 0 Å². The summed E-state index contributed by atoms with van der Waals surface area (Å²) in [5, 5.41) is -0.420. The van der Waals surface area contributed by atoms with E-state index in [0.29, 0.717) is 20.3 Å². The second kappa shape index (κ2) is 7.94. The van der Waals surface area contributed by atoms with Gasteiger partial charge in [0.05, 0.1) is 27.5 Å². The summed E-state index contributed by atoms with van der Waals surface area (Å²) >= 11 is 7.64. The third kappa shape index (κ3) is 3.87. The summed E-state index contributed by atoms with van der Waals surface area (Å²) < 4.78 is 20.5. The Morgan fingerprint density at radius 3 is 2.46 bits per heavy atom. The largest absolute Gasteiger partial charge is 0.494 e. The average Bonchev–Trinajstić information content (AvgIpc) is 2.84. The van der Waals surface area contributed by atoms with Gasteiger partial charge in [0.1, 0.15) is 11.6 Å². The minimum atomic E-state index is -0.446. The lowest BCUT2D eigenvalue weighted by Gasteiger charge is -2.12. The predicted octanol–water partition coefficient (Wildman–Crippen LogP) is 5.60. The quantitative estimate of drug-likeness (QED) is 0.513. The molecular weight excluding hydrogens is 489 g/mol. The molecule has 0 saturated carbocycles. The van der Waals surface area contributed by atoms with Gasteiger partial charge < -0.3 is 4.74 Å². The summed E-state index contributed by atoms with van der Waals surface area (Å²) in [6, 6.07) is 9.66.